The van der Waals surface area contributed by atoms with Gasteiger partial charge in [0.2, 0.25) is 17.8 Å². The number of nitrogens with zero attached hydrogens (tertiary/aromatic N) is 29. The highest BCUT2D eigenvalue weighted by Gasteiger charge is 2.78. The van der Waals surface area contributed by atoms with E-state index in [1.807, 2.05) is 69.6 Å². The number of Topliss-reactive ketones (excluding diaryl/α,β-unsaturated/α-hetero) is 5. The fourth-order valence-corrected chi connectivity index (χ4v) is 24.8. The molecule has 10 unspecified atom stereocenters. The smallest absolute Gasteiger partial charge is 0.220 e. The number of hydrogen-bond acceptors (Lipinski definition) is 38. The first kappa shape index (κ1) is 96.6. The minimum absolute atomic E-state index is 0.0414. The highest BCUT2D eigenvalue weighted by atomic mass is 127. The number of aromatic nitrogens is 20. The highest BCUT2D eigenvalue weighted by molar-refractivity contribution is 14.1. The Morgan fingerprint density at radius 3 is 0.908 bits per heavy atom. The van der Waals surface area contributed by atoms with E-state index in [0.29, 0.717) is 154 Å². The molecule has 12 aliphatic carbocycles. The van der Waals surface area contributed by atoms with Crippen molar-refractivity contribution in [1.29, 1.82) is 0 Å². The van der Waals surface area contributed by atoms with E-state index in [0.717, 1.165) is 43.2 Å². The van der Waals surface area contributed by atoms with Gasteiger partial charge in [0.15, 0.2) is 76.0 Å². The highest BCUT2D eigenvalue weighted by Crippen LogP contribution is 2.73. The number of aliphatic hydroxyl groups is 10. The molecular weight excluding hydrogens is 2100 g/mol. The number of azide groups is 3. The lowest BCUT2D eigenvalue weighted by molar-refractivity contribution is -0.128. The second-order valence-electron chi connectivity index (χ2n) is 38.4. The van der Waals surface area contributed by atoms with Gasteiger partial charge in [-0.25, -0.2) is 74.8 Å². The van der Waals surface area contributed by atoms with E-state index in [1.165, 1.54) is 53.7 Å². The van der Waals surface area contributed by atoms with Crippen molar-refractivity contribution in [3.8, 4) is 0 Å². The molecule has 734 valence electrons. The predicted octanol–water partition coefficient (Wildman–Crippen LogP) is 9.03. The average Bonchev–Trinajstić information content (AvgIpc) is 1.53. The first-order chi connectivity index (χ1) is 67.5. The summed E-state index contributed by atoms with van der Waals surface area (Å²) in [5.74, 6) is 0.901. The van der Waals surface area contributed by atoms with Gasteiger partial charge >= 0.3 is 0 Å². The number of fused-ring (bicyclic) bond motifs is 10. The largest absolute Gasteiger partial charge is 0.389 e. The molecule has 0 saturated heterocycles. The summed E-state index contributed by atoms with van der Waals surface area (Å²) in [7, 11) is 1.65. The van der Waals surface area contributed by atoms with Crippen molar-refractivity contribution in [1.82, 2.24) is 97.6 Å². The summed E-state index contributed by atoms with van der Waals surface area (Å²) in [6, 6.07) is 13.0. The number of benzene rings is 2. The number of aliphatic hydroxyl groups excluding tert-OH is 10. The van der Waals surface area contributed by atoms with Crippen molar-refractivity contribution in [3.63, 3.8) is 0 Å². The van der Waals surface area contributed by atoms with Crippen LogP contribution in [0.2, 0.25) is 10.0 Å². The van der Waals surface area contributed by atoms with Crippen molar-refractivity contribution in [2.24, 2.45) is 72.0 Å². The fraction of sp³-hybridized carbons (Fsp3) is 0.523. The predicted molar refractivity (Wildman–Crippen MR) is 519 cm³/mol. The van der Waals surface area contributed by atoms with Gasteiger partial charge < -0.3 is 100 Å². The summed E-state index contributed by atoms with van der Waals surface area (Å²) in [5.41, 5.74) is 28.7. The van der Waals surface area contributed by atoms with Gasteiger partial charge in [0, 0.05) is 102 Å². The first-order valence-corrected chi connectivity index (χ1v) is 48.7. The van der Waals surface area contributed by atoms with E-state index >= 15 is 0 Å². The van der Waals surface area contributed by atoms with Crippen LogP contribution in [0.4, 0.5) is 46.9 Å². The van der Waals surface area contributed by atoms with Gasteiger partial charge in [-0.1, -0.05) is 47.5 Å². The van der Waals surface area contributed by atoms with Gasteiger partial charge in [-0.3, -0.25) is 24.0 Å². The van der Waals surface area contributed by atoms with Crippen LogP contribution < -0.4 is 26.6 Å². The maximum absolute atomic E-state index is 12.2. The molecule has 25 atom stereocenters. The molecule has 0 radical (unpaired) electrons. The van der Waals surface area contributed by atoms with Crippen molar-refractivity contribution in [2.45, 2.75) is 222 Å². The van der Waals surface area contributed by atoms with E-state index in [9.17, 15) is 75.0 Å². The summed E-state index contributed by atoms with van der Waals surface area (Å²) in [6.45, 7) is 8.19. The summed E-state index contributed by atoms with van der Waals surface area (Å²) in [5, 5.41) is 134. The first-order valence-electron chi connectivity index (χ1n) is 45.8. The average molecular weight is 2190 g/mol. The van der Waals surface area contributed by atoms with Crippen LogP contribution in [0.25, 0.3) is 87.1 Å². The number of carbonyl (C=O) groups is 5. The molecule has 12 aromatic rings. The lowest BCUT2D eigenvalue weighted by Crippen LogP contribution is -2.36. The van der Waals surface area contributed by atoms with Gasteiger partial charge in [-0.05, 0) is 202 Å². The van der Waals surface area contributed by atoms with Crippen molar-refractivity contribution >= 4 is 200 Å². The minimum Gasteiger partial charge on any atom is -0.389 e. The number of hydrogen-bond donors (Lipinski definition) is 15. The van der Waals surface area contributed by atoms with Crippen LogP contribution in [0.15, 0.2) is 95.5 Å². The number of anilines is 5. The van der Waals surface area contributed by atoms with Crippen LogP contribution in [-0.4, -0.2) is 258 Å². The Bertz CT molecular complexity index is 7290. The Morgan fingerprint density at radius 2 is 0.645 bits per heavy atom. The summed E-state index contributed by atoms with van der Waals surface area (Å²) in [6.07, 6.45) is 6.16. The molecule has 10 heterocycles. The summed E-state index contributed by atoms with van der Waals surface area (Å²) in [4.78, 5) is 134. The molecule has 12 fully saturated rings. The SMILES string of the molecule is CC(=O)[C@@]12CC1[C@@H](n1cnc3c(NC4CCC4)nc(I)nc31)[C@H](O)C2O.CC(=O)[C@@]12CC1[C@@H](n1cnc3c(NC4CCC4)nc(N=[N+]=[N-])nc31)[C@H](O)C2O.CC(=O)[C@@]12CC1[C@@H](n1cnc3c(NCc4cccc(Cl)c4)nc(I)nc31)[C@H](O)C2O.CC(=O)[C@@]12CC1[C@@H](n1cnc3c(NCc4cccc(Cl)c4)nc(N=[N+]=[N-])nc31)[C@H](O)C2O.CNc1nc(N=[N+]=[N-])nc2c1ncn2[C@@H]1C2C[C@@]2(C(C)=O)C(O)[C@H]1O. The Morgan fingerprint density at radius 1 is 0.390 bits per heavy atom. The topological polar surface area (TPSA) is 712 Å². The van der Waals surface area contributed by atoms with Crippen LogP contribution in [0.3, 0.4) is 0 Å². The van der Waals surface area contributed by atoms with Crippen LogP contribution in [0, 0.1) is 64.3 Å². The third-order valence-corrected chi connectivity index (χ3v) is 32.9. The second-order valence-corrected chi connectivity index (χ2v) is 41.2. The third kappa shape index (κ3) is 15.8. The van der Waals surface area contributed by atoms with Crippen LogP contribution in [-0.2, 0) is 37.1 Å². The van der Waals surface area contributed by atoms with Crippen molar-refractivity contribution in [2.75, 3.05) is 33.6 Å². The lowest BCUT2D eigenvalue weighted by Gasteiger charge is -2.27. The third-order valence-electron chi connectivity index (χ3n) is 31.5. The van der Waals surface area contributed by atoms with Gasteiger partial charge in [-0.2, -0.15) is 0 Å². The molecule has 0 aliphatic heterocycles. The van der Waals surface area contributed by atoms with E-state index < -0.39 is 118 Å². The monoisotopic (exact) mass is 2190 g/mol. The standard InChI is InChI=1S/C20H19ClIN5O3.C20H19ClN8O3.C17H20IN5O3.C17H20N8O3.C14H16N8O3/c1-9(28)20-6-12(20)14(15(29)16(20)30)27-8-24-13-17(25-19(22)26-18(13)27)23-7-10-3-2-4-11(21)5-10;1-9(30)20-6-12(20)14(15(31)16(20)32)29-8-24-13-17(25-19(27-28-22)26-18(13)29)23-7-10-3-2-4-11(21)5-10;1-7(24)17-5-9(17)11(12(25)13(17)26)23-6-19-10-14(20-8-3-2-4-8)21-16(18)22-15(10)23;1-7(26)17-5-9(17)11(12(27)13(17)28)25-6-19-10-14(20-8-3-2-4-8)21-16(23-24-18)22-15(10)25;1-5(23)14-3-6(14)8(9(24)10(14)25)22-4-17-7-11(16-2)18-13(20-21-15)19-12(7)22/h2-5,8,12,14-16,29-30H,6-7H2,1H3,(H,23,25,26);2-5,8,12,14-16,31-32H,6-7H2,1H3,(H,23,25,26);6,8-9,11-13,25-26H,2-5H2,1H3,(H,20,21,22);6,8-9,11-13,27-28H,2-5H2,1H3,(H,20,21,22);4,6,8-10,24-25H,3H2,1-2H3,(H,16,18,19)/t2*12?,14-,15+,16?,20+;2*9?,11-,12+,13?,17+;6?,8-,9+,10?,14+/m11111/s1. The molecule has 2 aromatic carbocycles. The fourth-order valence-electron chi connectivity index (χ4n) is 23.5. The number of halogens is 4. The van der Waals surface area contributed by atoms with Gasteiger partial charge in [0.05, 0.1) is 119 Å². The van der Waals surface area contributed by atoms with E-state index in [2.05, 4.69) is 154 Å². The second kappa shape index (κ2) is 36.5. The number of ketones is 5. The van der Waals surface area contributed by atoms with Crippen molar-refractivity contribution in [3.05, 3.63) is 140 Å². The summed E-state index contributed by atoms with van der Waals surface area (Å²) < 4.78 is 9.66. The number of rotatable bonds is 24. The molecule has 141 heavy (non-hydrogen) atoms. The zero-order chi connectivity index (χ0) is 99.6. The van der Waals surface area contributed by atoms with Gasteiger partial charge in [0.1, 0.15) is 76.0 Å². The zero-order valence-electron chi connectivity index (χ0n) is 75.9. The molecule has 15 N–H and O–H groups in total. The Hall–Kier alpha value is -11.9. The molecule has 0 spiro atoms. The number of nitrogens with one attached hydrogen (secondary N) is 5. The van der Waals surface area contributed by atoms with Gasteiger partial charge in [0.25, 0.3) is 0 Å². The van der Waals surface area contributed by atoms with Gasteiger partial charge in [-0.15, -0.1) is 0 Å². The molecule has 12 saturated carbocycles. The number of imidazole rings is 5. The minimum atomic E-state index is -1.16. The molecule has 24 rings (SSSR count). The van der Waals surface area contributed by atoms with Crippen LogP contribution in [0.5, 0.6) is 0 Å². The summed E-state index contributed by atoms with van der Waals surface area (Å²) >= 11 is 16.2. The molecule has 0 amide bonds. The van der Waals surface area contributed by atoms with Crippen LogP contribution >= 0.6 is 68.4 Å². The molecule has 0 bridgehead atoms. The normalized spacial score (nSPS) is 31.9. The Balaban J connectivity index is 0.000000108. The van der Waals surface area contributed by atoms with E-state index in [-0.39, 0.29) is 82.4 Å². The Kier molecular flexibility index (Phi) is 25.0. The molecular formula is C88H94Cl2I2N34O15. The zero-order valence-corrected chi connectivity index (χ0v) is 81.7. The maximum atomic E-state index is 12.2. The molecule has 10 aromatic heterocycles. The molecule has 12 aliphatic rings. The van der Waals surface area contributed by atoms with Crippen LogP contribution in [0.1, 0.15) is 147 Å². The van der Waals surface area contributed by atoms with E-state index in [1.54, 1.807) is 50.4 Å². The van der Waals surface area contributed by atoms with Crippen molar-refractivity contribution < 1.29 is 75.0 Å². The molecule has 53 heteroatoms. The lowest BCUT2D eigenvalue weighted by atomic mass is 9.93. The number of carbonyl (C=O) groups excluding carboxylic acids is 5. The van der Waals surface area contributed by atoms with E-state index in [4.69, 9.17) is 39.8 Å². The maximum Gasteiger partial charge on any atom is 0.220 e. The quantitative estimate of drug-likeness (QED) is 0.00881. The molecule has 49 nitrogen and oxygen atoms in total. The Labute approximate surface area is 834 Å².